The first-order chi connectivity index (χ1) is 13.9. The van der Waals surface area contributed by atoms with E-state index in [0.717, 1.165) is 0 Å². The average Bonchev–Trinajstić information content (AvgIpc) is 2.74. The van der Waals surface area contributed by atoms with Gasteiger partial charge in [0.05, 0.1) is 6.61 Å². The van der Waals surface area contributed by atoms with Crippen molar-refractivity contribution < 1.29 is 39.1 Å². The summed E-state index contributed by atoms with van der Waals surface area (Å²) in [4.78, 5) is 11.6. The molecule has 0 bridgehead atoms. The second-order valence-corrected chi connectivity index (χ2v) is 6.61. The van der Waals surface area contributed by atoms with Crippen LogP contribution in [0.15, 0.2) is 42.5 Å². The van der Waals surface area contributed by atoms with Crippen molar-refractivity contribution in [2.45, 2.75) is 30.5 Å². The Morgan fingerprint density at radius 2 is 1.79 bits per heavy atom. The van der Waals surface area contributed by atoms with Crippen LogP contribution in [0, 0.1) is 5.82 Å². The van der Waals surface area contributed by atoms with Crippen LogP contribution < -0.4 is 10.1 Å². The van der Waals surface area contributed by atoms with Crippen molar-refractivity contribution in [3.8, 4) is 11.5 Å². The van der Waals surface area contributed by atoms with Crippen molar-refractivity contribution in [3.05, 3.63) is 59.4 Å². The Labute approximate surface area is 166 Å². The minimum atomic E-state index is -1.62. The lowest BCUT2D eigenvalue weighted by Gasteiger charge is -2.40. The first-order valence-corrected chi connectivity index (χ1v) is 8.96. The molecule has 1 saturated heterocycles. The molecule has 0 radical (unpaired) electrons. The first-order valence-electron chi connectivity index (χ1n) is 8.96. The van der Waals surface area contributed by atoms with Crippen LogP contribution in [0.3, 0.4) is 0 Å². The summed E-state index contributed by atoms with van der Waals surface area (Å²) in [5.41, 5.74) is 0.316. The number of amides is 1. The fourth-order valence-electron chi connectivity index (χ4n) is 3.13. The summed E-state index contributed by atoms with van der Waals surface area (Å²) in [6.07, 6.45) is -7.23. The summed E-state index contributed by atoms with van der Waals surface area (Å²) in [5.74, 6) is -0.978. The van der Waals surface area contributed by atoms with Gasteiger partial charge in [-0.3, -0.25) is 4.79 Å². The zero-order chi connectivity index (χ0) is 21.1. The lowest BCUT2D eigenvalue weighted by atomic mass is 9.91. The number of halogens is 1. The fourth-order valence-corrected chi connectivity index (χ4v) is 3.13. The molecule has 9 heteroatoms. The first kappa shape index (κ1) is 21.2. The number of nitrogens with one attached hydrogen (secondary N) is 1. The zero-order valence-electron chi connectivity index (χ0n) is 15.5. The number of ether oxygens (including phenoxy) is 2. The maximum atomic E-state index is 15.0. The van der Waals surface area contributed by atoms with Crippen LogP contribution >= 0.6 is 0 Å². The molecule has 3 rings (SSSR count). The predicted molar refractivity (Wildman–Crippen MR) is 99.0 cm³/mol. The Balaban J connectivity index is 1.85. The third-order valence-electron chi connectivity index (χ3n) is 4.76. The second-order valence-electron chi connectivity index (χ2n) is 6.61. The van der Waals surface area contributed by atoms with E-state index in [-0.39, 0.29) is 23.0 Å². The highest BCUT2D eigenvalue weighted by molar-refractivity contribution is 5.94. The van der Waals surface area contributed by atoms with Crippen LogP contribution in [0.1, 0.15) is 22.0 Å². The molecule has 2 aromatic carbocycles. The van der Waals surface area contributed by atoms with Gasteiger partial charge in [0.2, 0.25) is 0 Å². The van der Waals surface area contributed by atoms with Gasteiger partial charge in [-0.15, -0.1) is 0 Å². The number of aliphatic hydroxyl groups excluding tert-OH is 4. The molecule has 5 N–H and O–H groups in total. The van der Waals surface area contributed by atoms with Gasteiger partial charge in [0.15, 0.2) is 11.6 Å². The molecule has 1 amide bonds. The molecule has 156 valence electrons. The van der Waals surface area contributed by atoms with Gasteiger partial charge in [-0.25, -0.2) is 4.39 Å². The summed E-state index contributed by atoms with van der Waals surface area (Å²) in [6.45, 7) is -0.614. The molecule has 2 aromatic rings. The Morgan fingerprint density at radius 3 is 2.41 bits per heavy atom. The number of benzene rings is 2. The molecule has 8 nitrogen and oxygen atoms in total. The molecule has 29 heavy (non-hydrogen) atoms. The van der Waals surface area contributed by atoms with E-state index in [1.54, 1.807) is 0 Å². The van der Waals surface area contributed by atoms with Crippen molar-refractivity contribution in [1.29, 1.82) is 0 Å². The third-order valence-corrected chi connectivity index (χ3v) is 4.76. The number of carbonyl (C=O) groups excluding carboxylic acids is 1. The number of aliphatic hydroxyl groups is 4. The van der Waals surface area contributed by atoms with Gasteiger partial charge >= 0.3 is 0 Å². The smallest absolute Gasteiger partial charge is 0.251 e. The third kappa shape index (κ3) is 4.24. The lowest BCUT2D eigenvalue weighted by molar-refractivity contribution is -0.232. The molecule has 1 fully saturated rings. The van der Waals surface area contributed by atoms with Crippen molar-refractivity contribution in [1.82, 2.24) is 5.32 Å². The molecular formula is C20H22FNO7. The quantitative estimate of drug-likeness (QED) is 0.488. The molecule has 1 aliphatic rings. The highest BCUT2D eigenvalue weighted by Crippen LogP contribution is 2.37. The van der Waals surface area contributed by atoms with E-state index < -0.39 is 42.9 Å². The van der Waals surface area contributed by atoms with Gasteiger partial charge in [0.25, 0.3) is 5.91 Å². The predicted octanol–water partition coefficient (Wildman–Crippen LogP) is 0.492. The largest absolute Gasteiger partial charge is 0.454 e. The van der Waals surface area contributed by atoms with Crippen LogP contribution in [-0.2, 0) is 4.74 Å². The summed E-state index contributed by atoms with van der Waals surface area (Å²) in [6, 6.07) is 10.3. The Hall–Kier alpha value is -2.56. The van der Waals surface area contributed by atoms with E-state index >= 15 is 4.39 Å². The maximum absolute atomic E-state index is 15.0. The standard InChI is InChI=1S/C20H22FNO7/c1-22-20(27)10-5-7-11(8-6-10)28-13-4-2-3-12(15(13)21)19-18(26)17(25)16(24)14(9-23)29-19/h2-8,14,16-19,23-26H,9H2,1H3,(H,22,27)/t14-,16-,17+,18+,19-/m1/s1. The maximum Gasteiger partial charge on any atom is 0.251 e. The van der Waals surface area contributed by atoms with E-state index in [1.807, 2.05) is 0 Å². The Kier molecular flexibility index (Phi) is 6.46. The van der Waals surface area contributed by atoms with Gasteiger partial charge in [-0.05, 0) is 30.3 Å². The molecule has 0 unspecified atom stereocenters. The van der Waals surface area contributed by atoms with E-state index in [4.69, 9.17) is 9.47 Å². The Bertz CT molecular complexity index is 858. The number of carbonyl (C=O) groups is 1. The minimum absolute atomic E-state index is 0.0959. The topological polar surface area (TPSA) is 128 Å². The molecule has 5 atom stereocenters. The number of hydrogen-bond acceptors (Lipinski definition) is 7. The highest BCUT2D eigenvalue weighted by atomic mass is 19.1. The molecule has 1 heterocycles. The summed E-state index contributed by atoms with van der Waals surface area (Å²) in [7, 11) is 1.51. The van der Waals surface area contributed by atoms with E-state index in [0.29, 0.717) is 5.56 Å². The van der Waals surface area contributed by atoms with Gasteiger partial charge in [0.1, 0.15) is 36.3 Å². The number of hydrogen-bond donors (Lipinski definition) is 5. The van der Waals surface area contributed by atoms with Crippen LogP contribution in [0.25, 0.3) is 0 Å². The summed E-state index contributed by atoms with van der Waals surface area (Å²) < 4.78 is 26.0. The van der Waals surface area contributed by atoms with Crippen molar-refractivity contribution in [2.24, 2.45) is 0 Å². The van der Waals surface area contributed by atoms with Gasteiger partial charge in [0, 0.05) is 18.2 Å². The van der Waals surface area contributed by atoms with Crippen LogP contribution in [0.2, 0.25) is 0 Å². The van der Waals surface area contributed by atoms with Crippen molar-refractivity contribution >= 4 is 5.91 Å². The lowest BCUT2D eigenvalue weighted by Crippen LogP contribution is -2.55. The fraction of sp³-hybridized carbons (Fsp3) is 0.350. The van der Waals surface area contributed by atoms with Crippen LogP contribution in [0.4, 0.5) is 4.39 Å². The Morgan fingerprint density at radius 1 is 1.10 bits per heavy atom. The van der Waals surface area contributed by atoms with E-state index in [1.165, 1.54) is 49.5 Å². The zero-order valence-corrected chi connectivity index (χ0v) is 15.5. The normalized spacial score (nSPS) is 26.8. The average molecular weight is 407 g/mol. The monoisotopic (exact) mass is 407 g/mol. The van der Waals surface area contributed by atoms with E-state index in [2.05, 4.69) is 5.32 Å². The van der Waals surface area contributed by atoms with Crippen molar-refractivity contribution in [3.63, 3.8) is 0 Å². The number of rotatable bonds is 5. The van der Waals surface area contributed by atoms with Crippen LogP contribution in [-0.4, -0.2) is 64.4 Å². The van der Waals surface area contributed by atoms with Crippen molar-refractivity contribution in [2.75, 3.05) is 13.7 Å². The minimum Gasteiger partial charge on any atom is -0.454 e. The molecule has 0 saturated carbocycles. The van der Waals surface area contributed by atoms with Gasteiger partial charge < -0.3 is 35.2 Å². The van der Waals surface area contributed by atoms with Crippen LogP contribution in [0.5, 0.6) is 11.5 Å². The SMILES string of the molecule is CNC(=O)c1ccc(Oc2cccc([C@H]3O[C@H](CO)[C@@H](O)[C@H](O)[C@@H]3O)c2F)cc1. The van der Waals surface area contributed by atoms with Gasteiger partial charge in [-0.1, -0.05) is 12.1 Å². The molecule has 0 aliphatic carbocycles. The second kappa shape index (κ2) is 8.85. The summed E-state index contributed by atoms with van der Waals surface area (Å²) >= 11 is 0. The molecule has 0 aromatic heterocycles. The van der Waals surface area contributed by atoms with Gasteiger partial charge in [-0.2, -0.15) is 0 Å². The molecular weight excluding hydrogens is 385 g/mol. The van der Waals surface area contributed by atoms with E-state index in [9.17, 15) is 25.2 Å². The molecule has 1 aliphatic heterocycles. The molecule has 0 spiro atoms. The highest BCUT2D eigenvalue weighted by Gasteiger charge is 2.45. The summed E-state index contributed by atoms with van der Waals surface area (Å²) in [5, 5.41) is 41.8.